The Morgan fingerprint density at radius 1 is 1.24 bits per heavy atom. The van der Waals surface area contributed by atoms with E-state index in [4.69, 9.17) is 10.5 Å². The Bertz CT molecular complexity index is 600. The Balaban J connectivity index is 2.07. The van der Waals surface area contributed by atoms with Gasteiger partial charge in [0, 0.05) is 12.5 Å². The van der Waals surface area contributed by atoms with E-state index in [9.17, 15) is 0 Å². The molecule has 1 aliphatic rings. The van der Waals surface area contributed by atoms with Gasteiger partial charge in [0.2, 0.25) is 0 Å². The highest BCUT2D eigenvalue weighted by Gasteiger charge is 2.43. The summed E-state index contributed by atoms with van der Waals surface area (Å²) in [5.74, 6) is 0.784. The number of hydrogen-bond donors (Lipinski definition) is 1. The summed E-state index contributed by atoms with van der Waals surface area (Å²) in [5, 5.41) is 4.32. The van der Waals surface area contributed by atoms with Crippen molar-refractivity contribution in [2.75, 3.05) is 7.11 Å². The van der Waals surface area contributed by atoms with Gasteiger partial charge in [-0.1, -0.05) is 43.2 Å². The topological polar surface area (TPSA) is 53.1 Å². The lowest BCUT2D eigenvalue weighted by Crippen LogP contribution is -2.37. The van der Waals surface area contributed by atoms with Crippen LogP contribution in [0.4, 0.5) is 0 Å². The molecular weight excluding hydrogens is 262 g/mol. The van der Waals surface area contributed by atoms with Gasteiger partial charge in [-0.15, -0.1) is 0 Å². The van der Waals surface area contributed by atoms with Crippen molar-refractivity contribution in [1.29, 1.82) is 0 Å². The number of rotatable bonds is 4. The summed E-state index contributed by atoms with van der Waals surface area (Å²) in [6.07, 6.45) is 6.44. The molecule has 1 atom stereocenters. The van der Waals surface area contributed by atoms with Crippen molar-refractivity contribution in [2.24, 2.45) is 12.8 Å². The predicted octanol–water partition coefficient (Wildman–Crippen LogP) is 2.94. The second kappa shape index (κ2) is 5.53. The van der Waals surface area contributed by atoms with Gasteiger partial charge in [0.1, 0.15) is 0 Å². The van der Waals surface area contributed by atoms with Crippen LogP contribution in [0, 0.1) is 0 Å². The maximum atomic E-state index is 6.75. The van der Waals surface area contributed by atoms with Crippen LogP contribution < -0.4 is 10.5 Å². The lowest BCUT2D eigenvalue weighted by Gasteiger charge is -2.36. The molecule has 112 valence electrons. The molecule has 1 saturated carbocycles. The lowest BCUT2D eigenvalue weighted by atomic mass is 9.72. The third-order valence-corrected chi connectivity index (χ3v) is 4.90. The van der Waals surface area contributed by atoms with Gasteiger partial charge in [-0.3, -0.25) is 4.68 Å². The van der Waals surface area contributed by atoms with E-state index in [2.05, 4.69) is 35.4 Å². The zero-order valence-corrected chi connectivity index (χ0v) is 12.7. The smallest absolute Gasteiger partial charge is 0.161 e. The van der Waals surface area contributed by atoms with E-state index in [-0.39, 0.29) is 11.5 Å². The summed E-state index contributed by atoms with van der Waals surface area (Å²) in [7, 11) is 3.61. The molecule has 0 spiro atoms. The number of aromatic nitrogens is 2. The zero-order valence-electron chi connectivity index (χ0n) is 12.7. The third-order valence-electron chi connectivity index (χ3n) is 4.90. The summed E-state index contributed by atoms with van der Waals surface area (Å²) in [5.41, 5.74) is 9.06. The minimum Gasteiger partial charge on any atom is -0.493 e. The van der Waals surface area contributed by atoms with Crippen LogP contribution in [0.2, 0.25) is 0 Å². The first kappa shape index (κ1) is 14.1. The molecule has 0 bridgehead atoms. The van der Waals surface area contributed by atoms with Gasteiger partial charge in [0.15, 0.2) is 5.75 Å². The van der Waals surface area contributed by atoms with Crippen LogP contribution in [0.15, 0.2) is 36.5 Å². The van der Waals surface area contributed by atoms with Crippen LogP contribution in [-0.4, -0.2) is 16.9 Å². The minimum atomic E-state index is -0.107. The fraction of sp³-hybridized carbons (Fsp3) is 0.471. The van der Waals surface area contributed by atoms with Gasteiger partial charge in [0.25, 0.3) is 0 Å². The summed E-state index contributed by atoms with van der Waals surface area (Å²) in [4.78, 5) is 0. The summed E-state index contributed by atoms with van der Waals surface area (Å²) < 4.78 is 7.32. The number of ether oxygens (including phenoxy) is 1. The monoisotopic (exact) mass is 285 g/mol. The van der Waals surface area contributed by atoms with Crippen LogP contribution >= 0.6 is 0 Å². The second-order valence-corrected chi connectivity index (χ2v) is 5.93. The highest BCUT2D eigenvalue weighted by molar-refractivity contribution is 5.37. The SMILES string of the molecule is COc1cnn(C)c1C(N)C1(c2ccccc2)CCCC1. The maximum Gasteiger partial charge on any atom is 0.161 e. The molecule has 0 aliphatic heterocycles. The Labute approximate surface area is 125 Å². The predicted molar refractivity (Wildman–Crippen MR) is 83.3 cm³/mol. The van der Waals surface area contributed by atoms with Crippen molar-refractivity contribution in [1.82, 2.24) is 9.78 Å². The van der Waals surface area contributed by atoms with Crippen LogP contribution in [0.1, 0.15) is 43.0 Å². The van der Waals surface area contributed by atoms with Crippen molar-refractivity contribution < 1.29 is 4.74 Å². The average Bonchev–Trinajstić information content (AvgIpc) is 3.15. The first-order chi connectivity index (χ1) is 10.2. The van der Waals surface area contributed by atoms with E-state index in [0.29, 0.717) is 0 Å². The molecule has 21 heavy (non-hydrogen) atoms. The molecule has 0 amide bonds. The largest absolute Gasteiger partial charge is 0.493 e. The summed E-state index contributed by atoms with van der Waals surface area (Å²) in [6.45, 7) is 0. The number of nitrogens with two attached hydrogens (primary N) is 1. The van der Waals surface area contributed by atoms with E-state index in [1.165, 1.54) is 18.4 Å². The summed E-state index contributed by atoms with van der Waals surface area (Å²) >= 11 is 0. The van der Waals surface area contributed by atoms with Gasteiger partial charge in [-0.25, -0.2) is 0 Å². The van der Waals surface area contributed by atoms with Crippen molar-refractivity contribution in [3.8, 4) is 5.75 Å². The highest BCUT2D eigenvalue weighted by Crippen LogP contribution is 2.49. The molecule has 1 aromatic heterocycles. The van der Waals surface area contributed by atoms with E-state index < -0.39 is 0 Å². The van der Waals surface area contributed by atoms with Gasteiger partial charge >= 0.3 is 0 Å². The molecule has 1 aliphatic carbocycles. The molecule has 3 rings (SSSR count). The molecule has 2 aromatic rings. The van der Waals surface area contributed by atoms with E-state index in [1.54, 1.807) is 13.3 Å². The first-order valence-electron chi connectivity index (χ1n) is 7.56. The summed E-state index contributed by atoms with van der Waals surface area (Å²) in [6, 6.07) is 10.6. The Kier molecular flexibility index (Phi) is 3.72. The average molecular weight is 285 g/mol. The van der Waals surface area contributed by atoms with Crippen molar-refractivity contribution in [3.05, 3.63) is 47.8 Å². The number of nitrogens with zero attached hydrogens (tertiary/aromatic N) is 2. The molecule has 4 nitrogen and oxygen atoms in total. The number of benzene rings is 1. The molecule has 2 N–H and O–H groups in total. The molecule has 0 saturated heterocycles. The molecule has 1 unspecified atom stereocenters. The van der Waals surface area contributed by atoms with E-state index in [1.807, 2.05) is 11.7 Å². The van der Waals surface area contributed by atoms with Crippen molar-refractivity contribution in [2.45, 2.75) is 37.1 Å². The van der Waals surface area contributed by atoms with Crippen LogP contribution in [-0.2, 0) is 12.5 Å². The van der Waals surface area contributed by atoms with E-state index >= 15 is 0 Å². The molecular formula is C17H23N3O. The maximum absolute atomic E-state index is 6.75. The van der Waals surface area contributed by atoms with Crippen molar-refractivity contribution >= 4 is 0 Å². The van der Waals surface area contributed by atoms with Crippen molar-refractivity contribution in [3.63, 3.8) is 0 Å². The molecule has 1 heterocycles. The number of hydrogen-bond acceptors (Lipinski definition) is 3. The van der Waals surface area contributed by atoms with Gasteiger partial charge in [-0.05, 0) is 18.4 Å². The molecule has 4 heteroatoms. The highest BCUT2D eigenvalue weighted by atomic mass is 16.5. The minimum absolute atomic E-state index is 0.0116. The molecule has 1 aromatic carbocycles. The third kappa shape index (κ3) is 2.23. The zero-order chi connectivity index (χ0) is 14.9. The van der Waals surface area contributed by atoms with Crippen LogP contribution in [0.25, 0.3) is 0 Å². The fourth-order valence-corrected chi connectivity index (χ4v) is 3.76. The van der Waals surface area contributed by atoms with Crippen LogP contribution in [0.3, 0.4) is 0 Å². The number of aryl methyl sites for hydroxylation is 1. The van der Waals surface area contributed by atoms with Crippen LogP contribution in [0.5, 0.6) is 5.75 Å². The molecule has 0 radical (unpaired) electrons. The van der Waals surface area contributed by atoms with Gasteiger partial charge in [-0.2, -0.15) is 5.10 Å². The lowest BCUT2D eigenvalue weighted by molar-refractivity contribution is 0.326. The number of methoxy groups -OCH3 is 1. The Morgan fingerprint density at radius 2 is 1.90 bits per heavy atom. The Hall–Kier alpha value is -1.81. The fourth-order valence-electron chi connectivity index (χ4n) is 3.76. The van der Waals surface area contributed by atoms with Gasteiger partial charge in [0.05, 0.1) is 25.0 Å². The Morgan fingerprint density at radius 3 is 2.52 bits per heavy atom. The second-order valence-electron chi connectivity index (χ2n) is 5.93. The normalized spacial score (nSPS) is 18.6. The van der Waals surface area contributed by atoms with Gasteiger partial charge < -0.3 is 10.5 Å². The molecule has 1 fully saturated rings. The quantitative estimate of drug-likeness (QED) is 0.939. The standard InChI is InChI=1S/C17H23N3O/c1-20-15(14(21-2)12-19-20)16(18)17(10-6-7-11-17)13-8-4-3-5-9-13/h3-5,8-9,12,16H,6-7,10-11,18H2,1-2H3. The first-order valence-corrected chi connectivity index (χ1v) is 7.56. The van der Waals surface area contributed by atoms with E-state index in [0.717, 1.165) is 24.3 Å².